The van der Waals surface area contributed by atoms with E-state index in [4.69, 9.17) is 9.26 Å². The lowest BCUT2D eigenvalue weighted by atomic mass is 9.88. The van der Waals surface area contributed by atoms with Crippen LogP contribution >= 0.6 is 0 Å². The second-order valence-corrected chi connectivity index (χ2v) is 4.55. The van der Waals surface area contributed by atoms with Crippen molar-refractivity contribution in [1.82, 2.24) is 10.5 Å². The molecule has 90 valence electrons. The first-order valence-electron chi connectivity index (χ1n) is 5.97. The third-order valence-corrected chi connectivity index (χ3v) is 3.14. The molecule has 0 radical (unpaired) electrons. The van der Waals surface area contributed by atoms with Crippen LogP contribution in [0.5, 0.6) is 0 Å². The number of nitrogens with one attached hydrogen (secondary N) is 1. The second-order valence-electron chi connectivity index (χ2n) is 4.55. The molecule has 0 aliphatic heterocycles. The molecule has 2 rings (SSSR count). The zero-order valence-electron chi connectivity index (χ0n) is 10.1. The van der Waals surface area contributed by atoms with E-state index in [2.05, 4.69) is 17.4 Å². The molecule has 0 amide bonds. The molecule has 16 heavy (non-hydrogen) atoms. The Morgan fingerprint density at radius 3 is 3.25 bits per heavy atom. The topological polar surface area (TPSA) is 47.3 Å². The van der Waals surface area contributed by atoms with Crippen LogP contribution in [-0.4, -0.2) is 25.4 Å². The van der Waals surface area contributed by atoms with E-state index in [1.54, 1.807) is 7.11 Å². The van der Waals surface area contributed by atoms with Gasteiger partial charge in [-0.05, 0) is 18.8 Å². The van der Waals surface area contributed by atoms with Crippen LogP contribution in [0.1, 0.15) is 30.4 Å². The van der Waals surface area contributed by atoms with Crippen LogP contribution < -0.4 is 5.32 Å². The van der Waals surface area contributed by atoms with Crippen LogP contribution in [0.25, 0.3) is 0 Å². The highest BCUT2D eigenvalue weighted by Crippen LogP contribution is 2.27. The molecule has 0 spiro atoms. The minimum Gasteiger partial charge on any atom is -0.383 e. The molecule has 4 heteroatoms. The molecule has 0 saturated heterocycles. The molecule has 1 unspecified atom stereocenters. The Kier molecular flexibility index (Phi) is 3.96. The van der Waals surface area contributed by atoms with E-state index in [0.717, 1.165) is 49.9 Å². The van der Waals surface area contributed by atoms with Gasteiger partial charge in [0.05, 0.1) is 6.61 Å². The predicted molar refractivity (Wildman–Crippen MR) is 61.3 cm³/mol. The van der Waals surface area contributed by atoms with E-state index >= 15 is 0 Å². The van der Waals surface area contributed by atoms with E-state index < -0.39 is 0 Å². The van der Waals surface area contributed by atoms with Gasteiger partial charge in [-0.25, -0.2) is 0 Å². The molecular weight excluding hydrogens is 204 g/mol. The van der Waals surface area contributed by atoms with Gasteiger partial charge in [-0.15, -0.1) is 0 Å². The number of fused-ring (bicyclic) bond motifs is 1. The van der Waals surface area contributed by atoms with E-state index in [1.165, 1.54) is 12.0 Å². The van der Waals surface area contributed by atoms with Gasteiger partial charge in [0, 0.05) is 32.2 Å². The monoisotopic (exact) mass is 224 g/mol. The van der Waals surface area contributed by atoms with Gasteiger partial charge in [0.15, 0.2) is 0 Å². The van der Waals surface area contributed by atoms with E-state index in [-0.39, 0.29) is 0 Å². The van der Waals surface area contributed by atoms with Crippen molar-refractivity contribution >= 4 is 0 Å². The van der Waals surface area contributed by atoms with Crippen molar-refractivity contribution in [2.45, 2.75) is 32.7 Å². The van der Waals surface area contributed by atoms with Gasteiger partial charge in [0.2, 0.25) is 0 Å². The molecule has 0 bridgehead atoms. The molecule has 1 heterocycles. The van der Waals surface area contributed by atoms with Crippen LogP contribution in [0.15, 0.2) is 4.52 Å². The average Bonchev–Trinajstić information content (AvgIpc) is 2.67. The maximum absolute atomic E-state index is 5.37. The van der Waals surface area contributed by atoms with E-state index in [9.17, 15) is 0 Å². The Morgan fingerprint density at radius 2 is 2.44 bits per heavy atom. The molecule has 4 nitrogen and oxygen atoms in total. The number of aryl methyl sites for hydroxylation is 1. The van der Waals surface area contributed by atoms with Gasteiger partial charge in [0.1, 0.15) is 11.5 Å². The maximum Gasteiger partial charge on any atom is 0.140 e. The highest BCUT2D eigenvalue weighted by molar-refractivity contribution is 5.25. The highest BCUT2D eigenvalue weighted by atomic mass is 16.5. The summed E-state index contributed by atoms with van der Waals surface area (Å²) in [6.07, 6.45) is 3.38. The fraction of sp³-hybridized carbons (Fsp3) is 0.750. The summed E-state index contributed by atoms with van der Waals surface area (Å²) in [6.45, 7) is 4.66. The standard InChI is InChI=1S/C12H20N2O2/c1-9-3-4-12-10(7-9)11(14-16-12)8-13-5-6-15-2/h9,13H,3-8H2,1-2H3. The number of rotatable bonds is 5. The van der Waals surface area contributed by atoms with Gasteiger partial charge < -0.3 is 14.6 Å². The van der Waals surface area contributed by atoms with Crippen LogP contribution in [0.3, 0.4) is 0 Å². The number of hydrogen-bond donors (Lipinski definition) is 1. The fourth-order valence-electron chi connectivity index (χ4n) is 2.16. The molecule has 1 N–H and O–H groups in total. The number of aromatic nitrogens is 1. The van der Waals surface area contributed by atoms with Crippen molar-refractivity contribution in [3.8, 4) is 0 Å². The lowest BCUT2D eigenvalue weighted by Crippen LogP contribution is -2.20. The number of hydrogen-bond acceptors (Lipinski definition) is 4. The van der Waals surface area contributed by atoms with Gasteiger partial charge >= 0.3 is 0 Å². The van der Waals surface area contributed by atoms with Crippen molar-refractivity contribution < 1.29 is 9.26 Å². The third-order valence-electron chi connectivity index (χ3n) is 3.14. The van der Waals surface area contributed by atoms with Crippen molar-refractivity contribution in [2.24, 2.45) is 5.92 Å². The quantitative estimate of drug-likeness (QED) is 0.771. The number of ether oxygens (including phenoxy) is 1. The highest BCUT2D eigenvalue weighted by Gasteiger charge is 2.22. The smallest absolute Gasteiger partial charge is 0.140 e. The molecule has 1 aromatic rings. The van der Waals surface area contributed by atoms with Gasteiger partial charge in [0.25, 0.3) is 0 Å². The minimum atomic E-state index is 0.733. The summed E-state index contributed by atoms with van der Waals surface area (Å²) in [5.41, 5.74) is 2.42. The summed E-state index contributed by atoms with van der Waals surface area (Å²) < 4.78 is 10.4. The SMILES string of the molecule is COCCNCc1noc2c1CC(C)CC2. The summed E-state index contributed by atoms with van der Waals surface area (Å²) in [4.78, 5) is 0. The van der Waals surface area contributed by atoms with Gasteiger partial charge in [-0.1, -0.05) is 12.1 Å². The first-order chi connectivity index (χ1) is 7.81. The Hall–Kier alpha value is -0.870. The zero-order chi connectivity index (χ0) is 11.4. The summed E-state index contributed by atoms with van der Waals surface area (Å²) in [6, 6.07) is 0. The van der Waals surface area contributed by atoms with E-state index in [1.807, 2.05) is 0 Å². The largest absolute Gasteiger partial charge is 0.383 e. The summed E-state index contributed by atoms with van der Waals surface area (Å²) in [5.74, 6) is 1.85. The zero-order valence-corrected chi connectivity index (χ0v) is 10.1. The summed E-state index contributed by atoms with van der Waals surface area (Å²) in [7, 11) is 1.71. The van der Waals surface area contributed by atoms with Crippen LogP contribution in [0.4, 0.5) is 0 Å². The van der Waals surface area contributed by atoms with Crippen molar-refractivity contribution in [1.29, 1.82) is 0 Å². The van der Waals surface area contributed by atoms with Gasteiger partial charge in [-0.3, -0.25) is 0 Å². The lowest BCUT2D eigenvalue weighted by Gasteiger charge is -2.16. The van der Waals surface area contributed by atoms with Crippen molar-refractivity contribution in [2.75, 3.05) is 20.3 Å². The molecule has 1 aromatic heterocycles. The predicted octanol–water partition coefficient (Wildman–Crippen LogP) is 1.54. The first-order valence-corrected chi connectivity index (χ1v) is 5.97. The molecule has 1 atom stereocenters. The normalized spacial score (nSPS) is 19.8. The van der Waals surface area contributed by atoms with Crippen molar-refractivity contribution in [3.05, 3.63) is 17.0 Å². The van der Waals surface area contributed by atoms with Crippen molar-refractivity contribution in [3.63, 3.8) is 0 Å². The third kappa shape index (κ3) is 2.62. The van der Waals surface area contributed by atoms with E-state index in [0.29, 0.717) is 0 Å². The number of methoxy groups -OCH3 is 1. The van der Waals surface area contributed by atoms with Crippen LogP contribution in [-0.2, 0) is 24.1 Å². The number of nitrogens with zero attached hydrogens (tertiary/aromatic N) is 1. The molecular formula is C12H20N2O2. The first kappa shape index (κ1) is 11.6. The van der Waals surface area contributed by atoms with Gasteiger partial charge in [-0.2, -0.15) is 0 Å². The Bertz CT molecular complexity index is 336. The summed E-state index contributed by atoms with van der Waals surface area (Å²) >= 11 is 0. The lowest BCUT2D eigenvalue weighted by molar-refractivity contribution is 0.199. The minimum absolute atomic E-state index is 0.733. The fourth-order valence-corrected chi connectivity index (χ4v) is 2.16. The summed E-state index contributed by atoms with van der Waals surface area (Å²) in [5, 5.41) is 7.46. The molecule has 0 aromatic carbocycles. The van der Waals surface area contributed by atoms with Crippen LogP contribution in [0, 0.1) is 5.92 Å². The molecule has 1 aliphatic rings. The Labute approximate surface area is 96.3 Å². The Balaban J connectivity index is 1.92. The van der Waals surface area contributed by atoms with Crippen LogP contribution in [0.2, 0.25) is 0 Å². The Morgan fingerprint density at radius 1 is 1.56 bits per heavy atom. The average molecular weight is 224 g/mol. The maximum atomic E-state index is 5.37. The second kappa shape index (κ2) is 5.46. The molecule has 1 aliphatic carbocycles. The molecule has 0 fully saturated rings. The molecule has 0 saturated carbocycles.